The number of carbonyl (C=O) groups is 1. The summed E-state index contributed by atoms with van der Waals surface area (Å²) in [6.07, 6.45) is 87.4. The topological polar surface area (TPSA) is 149 Å². The molecule has 1 aliphatic rings. The Labute approximate surface area is 538 Å². The molecule has 0 spiro atoms. The molecule has 0 radical (unpaired) electrons. The van der Waals surface area contributed by atoms with E-state index in [2.05, 4.69) is 79.9 Å². The third kappa shape index (κ3) is 55.0. The van der Waals surface area contributed by atoms with Gasteiger partial charge in [-0.3, -0.25) is 4.79 Å². The summed E-state index contributed by atoms with van der Waals surface area (Å²) >= 11 is 0. The summed E-state index contributed by atoms with van der Waals surface area (Å²) < 4.78 is 11.3. The van der Waals surface area contributed by atoms with Crippen LogP contribution in [0.3, 0.4) is 0 Å². The molecular formula is C78H143NO8. The van der Waals surface area contributed by atoms with Gasteiger partial charge in [0, 0.05) is 6.42 Å². The molecule has 7 unspecified atom stereocenters. The maximum atomic E-state index is 13.2. The second-order valence-corrected chi connectivity index (χ2v) is 26.1. The Balaban J connectivity index is 2.08. The number of unbranched alkanes of at least 4 members (excludes halogenated alkanes) is 46. The Kier molecular flexibility index (Phi) is 63.2. The van der Waals surface area contributed by atoms with Gasteiger partial charge in [-0.25, -0.2) is 0 Å². The minimum atomic E-state index is -1.57. The summed E-state index contributed by atoms with van der Waals surface area (Å²) in [5.41, 5.74) is 0. The molecule has 7 atom stereocenters. The predicted molar refractivity (Wildman–Crippen MR) is 373 cm³/mol. The number of hydrogen-bond donors (Lipinski definition) is 6. The van der Waals surface area contributed by atoms with Gasteiger partial charge in [0.1, 0.15) is 24.4 Å². The summed E-state index contributed by atoms with van der Waals surface area (Å²) in [5, 5.41) is 54.9. The fourth-order valence-corrected chi connectivity index (χ4v) is 12.0. The molecule has 1 fully saturated rings. The maximum absolute atomic E-state index is 13.2. The van der Waals surface area contributed by atoms with Gasteiger partial charge >= 0.3 is 0 Å². The number of allylic oxidation sites excluding steroid dienone is 11. The number of aliphatic hydroxyl groups is 5. The Bertz CT molecular complexity index is 1610. The first-order valence-electron chi connectivity index (χ1n) is 37.7. The SMILES string of the molecule is CC/C=C\C/C=C\C/C=C\C/C=C\C/C=C\CCCCCCCCCCCCCCCCCCCCCCCC(=O)NC(COC1OC(CO)C(O)C(O)C1O)C(O)/C=C/CCCCCCCCCCCCCCCCCCCCCCCCCCC. The molecule has 0 aliphatic carbocycles. The van der Waals surface area contributed by atoms with Crippen molar-refractivity contribution in [3.63, 3.8) is 0 Å². The fraction of sp³-hybridized carbons (Fsp3) is 0.833. The summed E-state index contributed by atoms with van der Waals surface area (Å²) in [5.74, 6) is -0.171. The molecule has 0 aromatic carbocycles. The maximum Gasteiger partial charge on any atom is 0.220 e. The van der Waals surface area contributed by atoms with E-state index >= 15 is 0 Å². The van der Waals surface area contributed by atoms with Gasteiger partial charge in [0.25, 0.3) is 0 Å². The zero-order valence-electron chi connectivity index (χ0n) is 57.0. The third-order valence-electron chi connectivity index (χ3n) is 17.8. The van der Waals surface area contributed by atoms with Gasteiger partial charge in [0.05, 0.1) is 25.4 Å². The highest BCUT2D eigenvalue weighted by molar-refractivity contribution is 5.76. The average Bonchev–Trinajstić information content (AvgIpc) is 3.37. The van der Waals surface area contributed by atoms with Gasteiger partial charge in [-0.2, -0.15) is 0 Å². The van der Waals surface area contributed by atoms with Crippen LogP contribution in [0, 0.1) is 0 Å². The monoisotopic (exact) mass is 1220 g/mol. The first kappa shape index (κ1) is 82.6. The quantitative estimate of drug-likeness (QED) is 0.0261. The zero-order chi connectivity index (χ0) is 62.8. The Morgan fingerprint density at radius 3 is 1.06 bits per heavy atom. The molecule has 0 aromatic rings. The third-order valence-corrected chi connectivity index (χ3v) is 17.8. The molecule has 0 aromatic heterocycles. The van der Waals surface area contributed by atoms with Gasteiger partial charge < -0.3 is 40.3 Å². The van der Waals surface area contributed by atoms with E-state index in [1.54, 1.807) is 6.08 Å². The molecule has 1 rings (SSSR count). The Hall–Kier alpha value is -2.37. The van der Waals surface area contributed by atoms with Crippen LogP contribution in [0.5, 0.6) is 0 Å². The molecule has 9 heteroatoms. The van der Waals surface area contributed by atoms with Crippen molar-refractivity contribution in [2.75, 3.05) is 13.2 Å². The van der Waals surface area contributed by atoms with Crippen LogP contribution in [-0.4, -0.2) is 87.5 Å². The van der Waals surface area contributed by atoms with E-state index in [1.807, 2.05) is 6.08 Å². The summed E-state index contributed by atoms with van der Waals surface area (Å²) in [6.45, 7) is 3.71. The molecule has 0 saturated carbocycles. The lowest BCUT2D eigenvalue weighted by atomic mass is 9.99. The van der Waals surface area contributed by atoms with Crippen molar-refractivity contribution in [1.82, 2.24) is 5.32 Å². The van der Waals surface area contributed by atoms with E-state index in [-0.39, 0.29) is 12.5 Å². The van der Waals surface area contributed by atoms with Crippen LogP contribution in [0.25, 0.3) is 0 Å². The lowest BCUT2D eigenvalue weighted by molar-refractivity contribution is -0.302. The van der Waals surface area contributed by atoms with Crippen LogP contribution in [-0.2, 0) is 14.3 Å². The van der Waals surface area contributed by atoms with Gasteiger partial charge in [-0.1, -0.05) is 363 Å². The fourth-order valence-electron chi connectivity index (χ4n) is 12.0. The van der Waals surface area contributed by atoms with E-state index in [1.165, 1.54) is 270 Å². The average molecular weight is 1220 g/mol. The van der Waals surface area contributed by atoms with Crippen molar-refractivity contribution < 1.29 is 39.8 Å². The second-order valence-electron chi connectivity index (χ2n) is 26.1. The highest BCUT2D eigenvalue weighted by atomic mass is 16.7. The molecule has 0 bridgehead atoms. The molecule has 1 heterocycles. The van der Waals surface area contributed by atoms with Crippen LogP contribution < -0.4 is 5.32 Å². The molecule has 9 nitrogen and oxygen atoms in total. The molecule has 87 heavy (non-hydrogen) atoms. The van der Waals surface area contributed by atoms with Crippen LogP contribution in [0.2, 0.25) is 0 Å². The Morgan fingerprint density at radius 1 is 0.402 bits per heavy atom. The normalized spacial score (nSPS) is 18.4. The number of ether oxygens (including phenoxy) is 2. The van der Waals surface area contributed by atoms with Gasteiger partial charge in [-0.05, 0) is 64.2 Å². The van der Waals surface area contributed by atoms with Crippen molar-refractivity contribution in [2.24, 2.45) is 0 Å². The first-order chi connectivity index (χ1) is 42.8. The van der Waals surface area contributed by atoms with Crippen molar-refractivity contribution in [1.29, 1.82) is 0 Å². The van der Waals surface area contributed by atoms with Crippen LogP contribution in [0.4, 0.5) is 0 Å². The summed E-state index contributed by atoms with van der Waals surface area (Å²) in [4.78, 5) is 13.2. The predicted octanol–water partition coefficient (Wildman–Crippen LogP) is 21.1. The highest BCUT2D eigenvalue weighted by Crippen LogP contribution is 2.24. The number of nitrogens with one attached hydrogen (secondary N) is 1. The molecule has 1 saturated heterocycles. The number of amides is 1. The molecular weight excluding hydrogens is 1080 g/mol. The standard InChI is InChI=1S/C78H143NO8/c1-3-5-7-9-11-13-15-17-19-21-23-25-27-29-31-32-33-34-35-36-37-38-39-40-42-44-46-48-50-52-54-56-58-60-62-64-66-68-74(82)79-71(70-86-78-77(85)76(84)75(83)73(69-80)87-78)72(81)67-65-63-61-59-57-55-53-51-49-47-45-43-41-30-28-26-24-22-20-18-16-14-12-10-8-6-4-2/h5,7,11,13,17,19,23,25,29,31,65,67,71-73,75-78,80-81,83-85H,3-4,6,8-10,12,14-16,18,20-22,24,26-28,30,32-64,66,68-70H2,1-2H3,(H,79,82)/b7-5-,13-11-,19-17-,25-23-,31-29-,67-65+. The zero-order valence-corrected chi connectivity index (χ0v) is 57.0. The summed E-state index contributed by atoms with van der Waals surface area (Å²) in [7, 11) is 0. The van der Waals surface area contributed by atoms with Gasteiger partial charge in [0.2, 0.25) is 5.91 Å². The molecule has 1 aliphatic heterocycles. The van der Waals surface area contributed by atoms with Gasteiger partial charge in [-0.15, -0.1) is 0 Å². The van der Waals surface area contributed by atoms with Crippen molar-refractivity contribution in [2.45, 2.75) is 403 Å². The number of aliphatic hydroxyl groups excluding tert-OH is 5. The highest BCUT2D eigenvalue weighted by Gasteiger charge is 2.44. The van der Waals surface area contributed by atoms with E-state index in [0.717, 1.165) is 70.6 Å². The van der Waals surface area contributed by atoms with Crippen LogP contribution in [0.1, 0.15) is 361 Å². The van der Waals surface area contributed by atoms with Crippen molar-refractivity contribution >= 4 is 5.91 Å². The number of carbonyl (C=O) groups excluding carboxylic acids is 1. The molecule has 1 amide bonds. The smallest absolute Gasteiger partial charge is 0.220 e. The van der Waals surface area contributed by atoms with E-state index in [4.69, 9.17) is 9.47 Å². The second kappa shape index (κ2) is 66.5. The Morgan fingerprint density at radius 2 is 0.713 bits per heavy atom. The van der Waals surface area contributed by atoms with E-state index < -0.39 is 49.5 Å². The summed E-state index contributed by atoms with van der Waals surface area (Å²) in [6, 6.07) is -0.807. The number of hydrogen-bond acceptors (Lipinski definition) is 8. The lowest BCUT2D eigenvalue weighted by Gasteiger charge is -2.40. The minimum absolute atomic E-state index is 0.171. The van der Waals surface area contributed by atoms with Crippen LogP contribution in [0.15, 0.2) is 72.9 Å². The minimum Gasteiger partial charge on any atom is -0.394 e. The van der Waals surface area contributed by atoms with Crippen LogP contribution >= 0.6 is 0 Å². The van der Waals surface area contributed by atoms with Crippen molar-refractivity contribution in [3.05, 3.63) is 72.9 Å². The lowest BCUT2D eigenvalue weighted by Crippen LogP contribution is -2.60. The van der Waals surface area contributed by atoms with E-state index in [9.17, 15) is 30.3 Å². The number of rotatable bonds is 66. The first-order valence-corrected chi connectivity index (χ1v) is 37.7. The largest absolute Gasteiger partial charge is 0.394 e. The van der Waals surface area contributed by atoms with E-state index in [0.29, 0.717) is 6.42 Å². The van der Waals surface area contributed by atoms with Crippen molar-refractivity contribution in [3.8, 4) is 0 Å². The van der Waals surface area contributed by atoms with Gasteiger partial charge in [0.15, 0.2) is 6.29 Å². The molecule has 508 valence electrons. The molecule has 6 N–H and O–H groups in total.